The number of aromatic nitrogens is 1. The first-order valence-corrected chi connectivity index (χ1v) is 7.41. The van der Waals surface area contributed by atoms with Crippen LogP contribution in [0, 0.1) is 0 Å². The van der Waals surface area contributed by atoms with Crippen LogP contribution in [0.25, 0.3) is 0 Å². The molecule has 0 aromatic carbocycles. The monoisotopic (exact) mass is 292 g/mol. The number of ether oxygens (including phenoxy) is 3. The highest BCUT2D eigenvalue weighted by atomic mass is 16.6. The minimum Gasteiger partial charge on any atom is -0.488 e. The standard InChI is InChI=1S/C15H20N2O4/c18-15(21-13-4-9-19-10-5-13)17-8-3-14(11-17)20-12-1-6-16-7-2-12/h1-2,6-7,13-14H,3-5,8-11H2/t14-/m1/s1. The number of nitrogens with zero attached hydrogens (tertiary/aromatic N) is 2. The third kappa shape index (κ3) is 3.85. The van der Waals surface area contributed by atoms with Crippen LogP contribution in [0.15, 0.2) is 24.5 Å². The second kappa shape index (κ2) is 6.76. The molecule has 1 amide bonds. The van der Waals surface area contributed by atoms with Gasteiger partial charge in [0, 0.05) is 38.2 Å². The zero-order valence-corrected chi connectivity index (χ0v) is 11.9. The average molecular weight is 292 g/mol. The van der Waals surface area contributed by atoms with Crippen LogP contribution in [0.5, 0.6) is 5.75 Å². The number of amides is 1. The zero-order chi connectivity index (χ0) is 14.5. The molecular weight excluding hydrogens is 272 g/mol. The Morgan fingerprint density at radius 1 is 1.19 bits per heavy atom. The lowest BCUT2D eigenvalue weighted by atomic mass is 10.2. The van der Waals surface area contributed by atoms with E-state index in [1.54, 1.807) is 17.3 Å². The maximum atomic E-state index is 12.1. The van der Waals surface area contributed by atoms with Gasteiger partial charge >= 0.3 is 6.09 Å². The Morgan fingerprint density at radius 3 is 2.71 bits per heavy atom. The average Bonchev–Trinajstić information content (AvgIpc) is 2.98. The molecule has 114 valence electrons. The topological polar surface area (TPSA) is 60.9 Å². The summed E-state index contributed by atoms with van der Waals surface area (Å²) in [6.45, 7) is 2.60. The lowest BCUT2D eigenvalue weighted by molar-refractivity contribution is -0.00896. The maximum absolute atomic E-state index is 12.1. The van der Waals surface area contributed by atoms with Crippen LogP contribution in [0.2, 0.25) is 0 Å². The smallest absolute Gasteiger partial charge is 0.410 e. The summed E-state index contributed by atoms with van der Waals surface area (Å²) >= 11 is 0. The molecule has 6 nitrogen and oxygen atoms in total. The van der Waals surface area contributed by atoms with Crippen LogP contribution in [0.4, 0.5) is 4.79 Å². The summed E-state index contributed by atoms with van der Waals surface area (Å²) in [5.41, 5.74) is 0. The van der Waals surface area contributed by atoms with Gasteiger partial charge in [0.25, 0.3) is 0 Å². The van der Waals surface area contributed by atoms with Crippen LogP contribution in [-0.2, 0) is 9.47 Å². The number of carbonyl (C=O) groups is 1. The molecule has 1 atom stereocenters. The van der Waals surface area contributed by atoms with E-state index in [4.69, 9.17) is 14.2 Å². The fourth-order valence-electron chi connectivity index (χ4n) is 2.61. The molecule has 21 heavy (non-hydrogen) atoms. The van der Waals surface area contributed by atoms with Crippen LogP contribution in [0.3, 0.4) is 0 Å². The summed E-state index contributed by atoms with van der Waals surface area (Å²) in [6, 6.07) is 3.64. The van der Waals surface area contributed by atoms with Gasteiger partial charge in [0.2, 0.25) is 0 Å². The highest BCUT2D eigenvalue weighted by Crippen LogP contribution is 2.19. The molecule has 0 saturated carbocycles. The molecule has 0 unspecified atom stereocenters. The lowest BCUT2D eigenvalue weighted by Gasteiger charge is -2.25. The summed E-state index contributed by atoms with van der Waals surface area (Å²) < 4.78 is 16.6. The van der Waals surface area contributed by atoms with Gasteiger partial charge in [0.15, 0.2) is 0 Å². The van der Waals surface area contributed by atoms with Crippen molar-refractivity contribution in [3.8, 4) is 5.75 Å². The molecule has 0 N–H and O–H groups in total. The lowest BCUT2D eigenvalue weighted by Crippen LogP contribution is -2.35. The van der Waals surface area contributed by atoms with E-state index in [1.165, 1.54) is 0 Å². The fourth-order valence-corrected chi connectivity index (χ4v) is 2.61. The van der Waals surface area contributed by atoms with E-state index in [-0.39, 0.29) is 18.3 Å². The van der Waals surface area contributed by atoms with Gasteiger partial charge in [-0.2, -0.15) is 0 Å². The summed E-state index contributed by atoms with van der Waals surface area (Å²) in [4.78, 5) is 17.8. The summed E-state index contributed by atoms with van der Waals surface area (Å²) in [5, 5.41) is 0. The second-order valence-electron chi connectivity index (χ2n) is 5.35. The van der Waals surface area contributed by atoms with Crippen molar-refractivity contribution in [2.24, 2.45) is 0 Å². The first-order chi connectivity index (χ1) is 10.3. The van der Waals surface area contributed by atoms with Crippen molar-refractivity contribution >= 4 is 6.09 Å². The van der Waals surface area contributed by atoms with Gasteiger partial charge in [-0.1, -0.05) is 0 Å². The Bertz CT molecular complexity index is 462. The normalized spacial score (nSPS) is 23.0. The molecule has 2 aliphatic rings. The molecule has 0 bridgehead atoms. The van der Waals surface area contributed by atoms with Crippen molar-refractivity contribution in [1.29, 1.82) is 0 Å². The van der Waals surface area contributed by atoms with Crippen LogP contribution < -0.4 is 4.74 Å². The van der Waals surface area contributed by atoms with Crippen LogP contribution >= 0.6 is 0 Å². The maximum Gasteiger partial charge on any atom is 0.410 e. The van der Waals surface area contributed by atoms with Crippen LogP contribution in [-0.4, -0.2) is 54.5 Å². The SMILES string of the molecule is O=C(OC1CCOCC1)N1CC[C@@H](Oc2ccncc2)C1. The number of likely N-dealkylation sites (tertiary alicyclic amines) is 1. The Balaban J connectivity index is 1.46. The number of carbonyl (C=O) groups excluding carboxylic acids is 1. The van der Waals surface area contributed by atoms with Gasteiger partial charge in [-0.15, -0.1) is 0 Å². The van der Waals surface area contributed by atoms with E-state index in [0.717, 1.165) is 25.0 Å². The van der Waals surface area contributed by atoms with Crippen molar-refractivity contribution in [3.63, 3.8) is 0 Å². The zero-order valence-electron chi connectivity index (χ0n) is 11.9. The molecule has 2 fully saturated rings. The van der Waals surface area contributed by atoms with Gasteiger partial charge in [0.1, 0.15) is 18.0 Å². The molecule has 0 radical (unpaired) electrons. The molecule has 3 rings (SSSR count). The summed E-state index contributed by atoms with van der Waals surface area (Å²) in [6.07, 6.45) is 5.57. The molecular formula is C15H20N2O4. The highest BCUT2D eigenvalue weighted by Gasteiger charge is 2.30. The van der Waals surface area contributed by atoms with E-state index in [2.05, 4.69) is 4.98 Å². The summed E-state index contributed by atoms with van der Waals surface area (Å²) in [7, 11) is 0. The first kappa shape index (κ1) is 14.1. The van der Waals surface area contributed by atoms with E-state index in [9.17, 15) is 4.79 Å². The third-order valence-corrected chi connectivity index (χ3v) is 3.79. The van der Waals surface area contributed by atoms with E-state index >= 15 is 0 Å². The molecule has 0 aliphatic carbocycles. The van der Waals surface area contributed by atoms with Gasteiger partial charge in [-0.25, -0.2) is 4.79 Å². The van der Waals surface area contributed by atoms with E-state index < -0.39 is 0 Å². The van der Waals surface area contributed by atoms with Crippen molar-refractivity contribution < 1.29 is 19.0 Å². The molecule has 1 aromatic heterocycles. The Hall–Kier alpha value is -1.82. The Morgan fingerprint density at radius 2 is 1.95 bits per heavy atom. The molecule has 3 heterocycles. The molecule has 1 aromatic rings. The van der Waals surface area contributed by atoms with Gasteiger partial charge < -0.3 is 19.1 Å². The third-order valence-electron chi connectivity index (χ3n) is 3.79. The summed E-state index contributed by atoms with van der Waals surface area (Å²) in [5.74, 6) is 0.787. The van der Waals surface area contributed by atoms with E-state index in [0.29, 0.717) is 26.3 Å². The second-order valence-corrected chi connectivity index (χ2v) is 5.35. The predicted octanol–water partition coefficient (Wildman–Crippen LogP) is 1.85. The minimum absolute atomic E-state index is 0.00795. The Labute approximate surface area is 124 Å². The number of pyridine rings is 1. The highest BCUT2D eigenvalue weighted by molar-refractivity contribution is 5.68. The van der Waals surface area contributed by atoms with Crippen molar-refractivity contribution in [2.45, 2.75) is 31.5 Å². The number of hydrogen-bond acceptors (Lipinski definition) is 5. The van der Waals surface area contributed by atoms with E-state index in [1.807, 2.05) is 12.1 Å². The largest absolute Gasteiger partial charge is 0.488 e. The fraction of sp³-hybridized carbons (Fsp3) is 0.600. The Kier molecular flexibility index (Phi) is 4.55. The van der Waals surface area contributed by atoms with Crippen LogP contribution in [0.1, 0.15) is 19.3 Å². The van der Waals surface area contributed by atoms with Crippen molar-refractivity contribution in [2.75, 3.05) is 26.3 Å². The molecule has 2 saturated heterocycles. The van der Waals surface area contributed by atoms with Gasteiger partial charge in [0.05, 0.1) is 19.8 Å². The molecule has 0 spiro atoms. The van der Waals surface area contributed by atoms with Crippen molar-refractivity contribution in [1.82, 2.24) is 9.88 Å². The van der Waals surface area contributed by atoms with Gasteiger partial charge in [-0.05, 0) is 12.1 Å². The quantitative estimate of drug-likeness (QED) is 0.851. The van der Waals surface area contributed by atoms with Crippen molar-refractivity contribution in [3.05, 3.63) is 24.5 Å². The number of rotatable bonds is 3. The first-order valence-electron chi connectivity index (χ1n) is 7.41. The minimum atomic E-state index is -0.234. The number of hydrogen-bond donors (Lipinski definition) is 0. The predicted molar refractivity (Wildman–Crippen MR) is 75.2 cm³/mol. The molecule has 6 heteroatoms. The van der Waals surface area contributed by atoms with Gasteiger partial charge in [-0.3, -0.25) is 4.98 Å². The molecule has 2 aliphatic heterocycles.